The van der Waals surface area contributed by atoms with Gasteiger partial charge in [0.25, 0.3) is 0 Å². The molecular formula is C11H13Cl2NO. The summed E-state index contributed by atoms with van der Waals surface area (Å²) < 4.78 is 0. The Kier molecular flexibility index (Phi) is 4.43. The van der Waals surface area contributed by atoms with Crippen LogP contribution in [0, 0.1) is 0 Å². The number of amides is 1. The minimum absolute atomic E-state index is 0.0108. The smallest absolute Gasteiger partial charge is 0.224 e. The van der Waals surface area contributed by atoms with Crippen molar-refractivity contribution in [2.75, 3.05) is 0 Å². The number of hydrogen-bond acceptors (Lipinski definition) is 1. The summed E-state index contributed by atoms with van der Waals surface area (Å²) in [5, 5.41) is 3.79. The Morgan fingerprint density at radius 2 is 2.00 bits per heavy atom. The highest BCUT2D eigenvalue weighted by molar-refractivity contribution is 6.42. The molecule has 1 N–H and O–H groups in total. The van der Waals surface area contributed by atoms with E-state index in [2.05, 4.69) is 5.32 Å². The molecule has 4 heteroatoms. The van der Waals surface area contributed by atoms with Gasteiger partial charge >= 0.3 is 0 Å². The molecular weight excluding hydrogens is 233 g/mol. The predicted molar refractivity (Wildman–Crippen MR) is 63.4 cm³/mol. The molecule has 0 heterocycles. The van der Waals surface area contributed by atoms with Crippen LogP contribution in [0.2, 0.25) is 10.0 Å². The molecule has 0 aromatic heterocycles. The number of benzene rings is 1. The molecule has 0 atom stereocenters. The predicted octanol–water partition coefficient (Wildman–Crippen LogP) is 3.06. The molecule has 1 amide bonds. The van der Waals surface area contributed by atoms with Gasteiger partial charge in [-0.3, -0.25) is 4.79 Å². The molecule has 2 nitrogen and oxygen atoms in total. The molecule has 1 aromatic carbocycles. The highest BCUT2D eigenvalue weighted by Crippen LogP contribution is 2.22. The summed E-state index contributed by atoms with van der Waals surface area (Å²) in [7, 11) is 0. The average Bonchev–Trinajstić information content (AvgIpc) is 2.10. The second-order valence-electron chi connectivity index (χ2n) is 3.65. The fraction of sp³-hybridized carbons (Fsp3) is 0.364. The Hall–Kier alpha value is -0.730. The van der Waals surface area contributed by atoms with Gasteiger partial charge < -0.3 is 5.32 Å². The normalized spacial score (nSPS) is 10.5. The lowest BCUT2D eigenvalue weighted by molar-refractivity contribution is -0.120. The van der Waals surface area contributed by atoms with Gasteiger partial charge in [0.15, 0.2) is 0 Å². The monoisotopic (exact) mass is 245 g/mol. The van der Waals surface area contributed by atoms with Crippen LogP contribution < -0.4 is 5.32 Å². The van der Waals surface area contributed by atoms with Crippen molar-refractivity contribution in [1.29, 1.82) is 0 Å². The van der Waals surface area contributed by atoms with Crippen LogP contribution >= 0.6 is 23.2 Å². The zero-order valence-electron chi connectivity index (χ0n) is 8.68. The Morgan fingerprint density at radius 3 is 2.53 bits per heavy atom. The van der Waals surface area contributed by atoms with E-state index in [0.29, 0.717) is 16.5 Å². The van der Waals surface area contributed by atoms with Crippen LogP contribution in [0.15, 0.2) is 18.2 Å². The van der Waals surface area contributed by atoms with Crippen molar-refractivity contribution >= 4 is 29.1 Å². The van der Waals surface area contributed by atoms with Crippen LogP contribution in [0.3, 0.4) is 0 Å². The van der Waals surface area contributed by atoms with Crippen molar-refractivity contribution in [2.24, 2.45) is 0 Å². The molecule has 0 radical (unpaired) electrons. The molecule has 0 bridgehead atoms. The van der Waals surface area contributed by atoms with Gasteiger partial charge in [-0.2, -0.15) is 0 Å². The summed E-state index contributed by atoms with van der Waals surface area (Å²) in [4.78, 5) is 11.4. The Labute approximate surface area is 99.6 Å². The van der Waals surface area contributed by atoms with Gasteiger partial charge in [0, 0.05) is 6.04 Å². The maximum atomic E-state index is 11.4. The molecule has 0 fully saturated rings. The SMILES string of the molecule is CC(C)NC(=O)Cc1ccc(Cl)c(Cl)c1. The molecule has 15 heavy (non-hydrogen) atoms. The van der Waals surface area contributed by atoms with E-state index in [4.69, 9.17) is 23.2 Å². The summed E-state index contributed by atoms with van der Waals surface area (Å²) in [6, 6.07) is 5.36. The summed E-state index contributed by atoms with van der Waals surface area (Å²) in [5.74, 6) is -0.0108. The first-order valence-electron chi connectivity index (χ1n) is 4.72. The third-order valence-electron chi connectivity index (χ3n) is 1.80. The van der Waals surface area contributed by atoms with Crippen LogP contribution in [0.1, 0.15) is 19.4 Å². The van der Waals surface area contributed by atoms with Crippen LogP contribution in [0.5, 0.6) is 0 Å². The van der Waals surface area contributed by atoms with E-state index in [1.807, 2.05) is 13.8 Å². The maximum absolute atomic E-state index is 11.4. The van der Waals surface area contributed by atoms with E-state index in [9.17, 15) is 4.79 Å². The van der Waals surface area contributed by atoms with E-state index in [1.54, 1.807) is 18.2 Å². The highest BCUT2D eigenvalue weighted by Gasteiger charge is 2.06. The summed E-state index contributed by atoms with van der Waals surface area (Å²) >= 11 is 11.6. The lowest BCUT2D eigenvalue weighted by Crippen LogP contribution is -2.31. The van der Waals surface area contributed by atoms with E-state index < -0.39 is 0 Å². The standard InChI is InChI=1S/C11H13Cl2NO/c1-7(2)14-11(15)6-8-3-4-9(12)10(13)5-8/h3-5,7H,6H2,1-2H3,(H,14,15). The third-order valence-corrected chi connectivity index (χ3v) is 2.54. The minimum atomic E-state index is -0.0108. The van der Waals surface area contributed by atoms with E-state index in [-0.39, 0.29) is 11.9 Å². The van der Waals surface area contributed by atoms with Crippen LogP contribution in [-0.4, -0.2) is 11.9 Å². The van der Waals surface area contributed by atoms with Crippen LogP contribution in [-0.2, 0) is 11.2 Å². The van der Waals surface area contributed by atoms with Gasteiger partial charge in [-0.25, -0.2) is 0 Å². The van der Waals surface area contributed by atoms with Gasteiger partial charge in [0.05, 0.1) is 16.5 Å². The minimum Gasteiger partial charge on any atom is -0.354 e. The highest BCUT2D eigenvalue weighted by atomic mass is 35.5. The molecule has 82 valence electrons. The number of carbonyl (C=O) groups excluding carboxylic acids is 1. The number of rotatable bonds is 3. The first-order valence-corrected chi connectivity index (χ1v) is 5.48. The van der Waals surface area contributed by atoms with Crippen molar-refractivity contribution in [3.05, 3.63) is 33.8 Å². The van der Waals surface area contributed by atoms with E-state index in [0.717, 1.165) is 5.56 Å². The number of hydrogen-bond donors (Lipinski definition) is 1. The second-order valence-corrected chi connectivity index (χ2v) is 4.46. The fourth-order valence-corrected chi connectivity index (χ4v) is 1.53. The van der Waals surface area contributed by atoms with E-state index in [1.165, 1.54) is 0 Å². The first kappa shape index (κ1) is 12.3. The summed E-state index contributed by atoms with van der Waals surface area (Å²) in [6.45, 7) is 3.85. The number of halogens is 2. The molecule has 0 aliphatic rings. The lowest BCUT2D eigenvalue weighted by Gasteiger charge is -2.08. The van der Waals surface area contributed by atoms with Crippen molar-refractivity contribution in [3.63, 3.8) is 0 Å². The Morgan fingerprint density at radius 1 is 1.33 bits per heavy atom. The van der Waals surface area contributed by atoms with Crippen molar-refractivity contribution < 1.29 is 4.79 Å². The zero-order chi connectivity index (χ0) is 11.4. The van der Waals surface area contributed by atoms with Crippen LogP contribution in [0.25, 0.3) is 0 Å². The molecule has 0 aliphatic heterocycles. The molecule has 0 spiro atoms. The number of carbonyl (C=O) groups is 1. The molecule has 1 rings (SSSR count). The van der Waals surface area contributed by atoms with Crippen molar-refractivity contribution in [1.82, 2.24) is 5.32 Å². The topological polar surface area (TPSA) is 29.1 Å². The largest absolute Gasteiger partial charge is 0.354 e. The summed E-state index contributed by atoms with van der Waals surface area (Å²) in [5.41, 5.74) is 0.863. The first-order chi connectivity index (χ1) is 6.99. The van der Waals surface area contributed by atoms with Gasteiger partial charge in [-0.1, -0.05) is 29.3 Å². The Bertz CT molecular complexity index is 364. The maximum Gasteiger partial charge on any atom is 0.224 e. The van der Waals surface area contributed by atoms with Gasteiger partial charge in [-0.05, 0) is 31.5 Å². The van der Waals surface area contributed by atoms with E-state index >= 15 is 0 Å². The molecule has 0 unspecified atom stereocenters. The molecule has 0 saturated heterocycles. The Balaban J connectivity index is 2.65. The third kappa shape index (κ3) is 4.10. The second kappa shape index (κ2) is 5.38. The van der Waals surface area contributed by atoms with Gasteiger partial charge in [0.1, 0.15) is 0 Å². The summed E-state index contributed by atoms with van der Waals surface area (Å²) in [6.07, 6.45) is 0.328. The number of nitrogens with one attached hydrogen (secondary N) is 1. The lowest BCUT2D eigenvalue weighted by atomic mass is 10.1. The van der Waals surface area contributed by atoms with Crippen molar-refractivity contribution in [2.45, 2.75) is 26.3 Å². The molecule has 0 aliphatic carbocycles. The zero-order valence-corrected chi connectivity index (χ0v) is 10.2. The average molecular weight is 246 g/mol. The molecule has 0 saturated carbocycles. The van der Waals surface area contributed by atoms with Gasteiger partial charge in [0.2, 0.25) is 5.91 Å². The van der Waals surface area contributed by atoms with Crippen LogP contribution in [0.4, 0.5) is 0 Å². The van der Waals surface area contributed by atoms with Gasteiger partial charge in [-0.15, -0.1) is 0 Å². The quantitative estimate of drug-likeness (QED) is 0.872. The molecule has 1 aromatic rings. The fourth-order valence-electron chi connectivity index (χ4n) is 1.21. The van der Waals surface area contributed by atoms with Crippen molar-refractivity contribution in [3.8, 4) is 0 Å².